The van der Waals surface area contributed by atoms with Crippen LogP contribution in [0.2, 0.25) is 0 Å². The fraction of sp³-hybridized carbons (Fsp3) is 0.423. The van der Waals surface area contributed by atoms with E-state index in [-0.39, 0.29) is 12.3 Å². The van der Waals surface area contributed by atoms with Crippen molar-refractivity contribution in [3.05, 3.63) is 53.3 Å². The Bertz CT molecular complexity index is 1140. The molecule has 2 fully saturated rings. The second kappa shape index (κ2) is 9.45. The van der Waals surface area contributed by atoms with Gasteiger partial charge in [0.2, 0.25) is 5.91 Å². The summed E-state index contributed by atoms with van der Waals surface area (Å²) in [5, 5.41) is 4.16. The summed E-state index contributed by atoms with van der Waals surface area (Å²) in [6.07, 6.45) is 1.98. The first-order chi connectivity index (χ1) is 16.1. The van der Waals surface area contributed by atoms with Gasteiger partial charge in [0.25, 0.3) is 0 Å². The van der Waals surface area contributed by atoms with Gasteiger partial charge in [0.15, 0.2) is 0 Å². The number of carbonyl (C=O) groups excluding carboxylic acids is 1. The van der Waals surface area contributed by atoms with Crippen LogP contribution in [-0.4, -0.2) is 58.5 Å². The number of carbonyl (C=O) groups is 1. The second-order valence-electron chi connectivity index (χ2n) is 8.77. The topological polar surface area (TPSA) is 67.2 Å². The van der Waals surface area contributed by atoms with Crippen LogP contribution < -0.4 is 15.1 Å². The molecule has 0 spiro atoms. The Balaban J connectivity index is 1.38. The molecule has 3 aromatic rings. The van der Waals surface area contributed by atoms with Crippen LogP contribution in [0.4, 0.5) is 17.1 Å². The lowest BCUT2D eigenvalue weighted by molar-refractivity contribution is -0.115. The normalized spacial score (nSPS) is 16.9. The fourth-order valence-corrected chi connectivity index (χ4v) is 4.60. The van der Waals surface area contributed by atoms with Gasteiger partial charge >= 0.3 is 0 Å². The highest BCUT2D eigenvalue weighted by molar-refractivity contribution is 5.98. The lowest BCUT2D eigenvalue weighted by Crippen LogP contribution is -2.38. The Hall–Kier alpha value is -3.03. The van der Waals surface area contributed by atoms with Gasteiger partial charge in [-0.1, -0.05) is 12.1 Å². The first kappa shape index (κ1) is 21.8. The molecule has 1 aromatic heterocycles. The zero-order chi connectivity index (χ0) is 22.8. The van der Waals surface area contributed by atoms with Crippen molar-refractivity contribution in [3.63, 3.8) is 0 Å². The van der Waals surface area contributed by atoms with Crippen molar-refractivity contribution in [3.8, 4) is 0 Å². The van der Waals surface area contributed by atoms with E-state index in [1.807, 2.05) is 12.1 Å². The molecule has 0 aliphatic carbocycles. The van der Waals surface area contributed by atoms with E-state index in [4.69, 9.17) is 13.9 Å². The molecule has 0 saturated carbocycles. The highest BCUT2D eigenvalue weighted by Crippen LogP contribution is 2.33. The first-order valence-corrected chi connectivity index (χ1v) is 11.7. The number of anilines is 3. The van der Waals surface area contributed by atoms with Crippen molar-refractivity contribution in [2.45, 2.75) is 20.3 Å². The van der Waals surface area contributed by atoms with Crippen LogP contribution in [-0.2, 0) is 20.7 Å². The minimum Gasteiger partial charge on any atom is -0.464 e. The molecule has 7 heteroatoms. The average molecular weight is 450 g/mol. The average Bonchev–Trinajstić information content (AvgIpc) is 3.26. The third kappa shape index (κ3) is 4.56. The molecule has 33 heavy (non-hydrogen) atoms. The Morgan fingerprint density at radius 3 is 2.36 bits per heavy atom. The number of hydrogen-bond acceptors (Lipinski definition) is 6. The van der Waals surface area contributed by atoms with Crippen molar-refractivity contribution in [1.29, 1.82) is 0 Å². The predicted octanol–water partition coefficient (Wildman–Crippen LogP) is 3.90. The van der Waals surface area contributed by atoms with Crippen molar-refractivity contribution >= 4 is 33.9 Å². The standard InChI is InChI=1S/C26H31N3O4/c1-18-3-5-22-20(17-33-26(22)19(18)2)15-25(30)27-23-6-4-21(28-7-11-31-12-8-28)16-24(23)29-9-13-32-14-10-29/h3-6,16-17H,7-15H2,1-2H3,(H,27,30). The van der Waals surface area contributed by atoms with Gasteiger partial charge in [0, 0.05) is 42.8 Å². The number of morpholine rings is 2. The van der Waals surface area contributed by atoms with Crippen molar-refractivity contribution < 1.29 is 18.7 Å². The molecule has 1 N–H and O–H groups in total. The number of aryl methyl sites for hydroxylation is 2. The van der Waals surface area contributed by atoms with Gasteiger partial charge in [-0.3, -0.25) is 4.79 Å². The summed E-state index contributed by atoms with van der Waals surface area (Å²) < 4.78 is 16.9. The molecular formula is C26H31N3O4. The minimum atomic E-state index is -0.0513. The summed E-state index contributed by atoms with van der Waals surface area (Å²) in [4.78, 5) is 17.7. The van der Waals surface area contributed by atoms with Crippen LogP contribution in [0.5, 0.6) is 0 Å². The lowest BCUT2D eigenvalue weighted by Gasteiger charge is -2.33. The number of rotatable bonds is 5. The molecule has 5 rings (SSSR count). The summed E-state index contributed by atoms with van der Waals surface area (Å²) in [5.41, 5.74) is 7.10. The first-order valence-electron chi connectivity index (χ1n) is 11.7. The van der Waals surface area contributed by atoms with Gasteiger partial charge in [0.1, 0.15) is 5.58 Å². The summed E-state index contributed by atoms with van der Waals surface area (Å²) in [6, 6.07) is 10.4. The van der Waals surface area contributed by atoms with Crippen LogP contribution in [0.3, 0.4) is 0 Å². The number of amides is 1. The molecule has 0 atom stereocenters. The molecule has 2 aliphatic heterocycles. The monoisotopic (exact) mass is 449 g/mol. The zero-order valence-corrected chi connectivity index (χ0v) is 19.4. The van der Waals surface area contributed by atoms with Gasteiger partial charge in [-0.15, -0.1) is 0 Å². The summed E-state index contributed by atoms with van der Waals surface area (Å²) >= 11 is 0. The number of fused-ring (bicyclic) bond motifs is 1. The van der Waals surface area contributed by atoms with Crippen LogP contribution in [0.1, 0.15) is 16.7 Å². The molecule has 0 radical (unpaired) electrons. The number of hydrogen-bond donors (Lipinski definition) is 1. The Morgan fingerprint density at radius 2 is 1.64 bits per heavy atom. The van der Waals surface area contributed by atoms with Crippen molar-refractivity contribution in [1.82, 2.24) is 0 Å². The molecule has 0 unspecified atom stereocenters. The number of ether oxygens (including phenoxy) is 2. The fourth-order valence-electron chi connectivity index (χ4n) is 4.60. The predicted molar refractivity (Wildman–Crippen MR) is 131 cm³/mol. The Labute approximate surface area is 194 Å². The summed E-state index contributed by atoms with van der Waals surface area (Å²) in [6.45, 7) is 10.3. The Kier molecular flexibility index (Phi) is 6.24. The number of benzene rings is 2. The molecule has 174 valence electrons. The smallest absolute Gasteiger partial charge is 0.228 e. The highest BCUT2D eigenvalue weighted by Gasteiger charge is 2.20. The molecule has 0 bridgehead atoms. The number of nitrogens with zero attached hydrogens (tertiary/aromatic N) is 2. The largest absolute Gasteiger partial charge is 0.464 e. The minimum absolute atomic E-state index is 0.0513. The van der Waals surface area contributed by atoms with E-state index >= 15 is 0 Å². The summed E-state index contributed by atoms with van der Waals surface area (Å²) in [7, 11) is 0. The van der Waals surface area contributed by atoms with E-state index in [1.165, 1.54) is 5.56 Å². The molecule has 7 nitrogen and oxygen atoms in total. The number of furan rings is 1. The van der Waals surface area contributed by atoms with E-state index in [1.54, 1.807) is 6.26 Å². The third-order valence-corrected chi connectivity index (χ3v) is 6.68. The van der Waals surface area contributed by atoms with Gasteiger partial charge in [-0.25, -0.2) is 0 Å². The lowest BCUT2D eigenvalue weighted by atomic mass is 10.0. The molecule has 2 aliphatic rings. The van der Waals surface area contributed by atoms with E-state index in [9.17, 15) is 4.79 Å². The van der Waals surface area contributed by atoms with Gasteiger partial charge in [0.05, 0.1) is 50.5 Å². The van der Waals surface area contributed by atoms with Crippen molar-refractivity contribution in [2.75, 3.05) is 67.7 Å². The molecule has 2 aromatic carbocycles. The maximum atomic E-state index is 13.1. The SMILES string of the molecule is Cc1ccc2c(CC(=O)Nc3ccc(N4CCOCC4)cc3N3CCOCC3)coc2c1C. The maximum Gasteiger partial charge on any atom is 0.228 e. The quantitative estimate of drug-likeness (QED) is 0.637. The highest BCUT2D eigenvalue weighted by atomic mass is 16.5. The zero-order valence-electron chi connectivity index (χ0n) is 19.4. The molecule has 2 saturated heterocycles. The van der Waals surface area contributed by atoms with Crippen LogP contribution in [0, 0.1) is 13.8 Å². The molecule has 1 amide bonds. The Morgan fingerprint density at radius 1 is 0.939 bits per heavy atom. The van der Waals surface area contributed by atoms with Gasteiger partial charge in [-0.05, 0) is 43.2 Å². The van der Waals surface area contributed by atoms with Crippen molar-refractivity contribution in [2.24, 2.45) is 0 Å². The van der Waals surface area contributed by atoms with E-state index in [0.717, 1.165) is 78.6 Å². The molecule has 3 heterocycles. The number of nitrogens with one attached hydrogen (secondary N) is 1. The van der Waals surface area contributed by atoms with Crippen LogP contribution in [0.25, 0.3) is 11.0 Å². The molecular weight excluding hydrogens is 418 g/mol. The van der Waals surface area contributed by atoms with E-state index in [2.05, 4.69) is 47.2 Å². The summed E-state index contributed by atoms with van der Waals surface area (Å²) in [5.74, 6) is -0.0513. The van der Waals surface area contributed by atoms with Gasteiger partial charge in [-0.2, -0.15) is 0 Å². The van der Waals surface area contributed by atoms with Crippen LogP contribution in [0.15, 0.2) is 41.0 Å². The third-order valence-electron chi connectivity index (χ3n) is 6.68. The van der Waals surface area contributed by atoms with E-state index in [0.29, 0.717) is 13.2 Å². The van der Waals surface area contributed by atoms with Crippen LogP contribution >= 0.6 is 0 Å². The second-order valence-corrected chi connectivity index (χ2v) is 8.77. The maximum absolute atomic E-state index is 13.1. The van der Waals surface area contributed by atoms with E-state index < -0.39 is 0 Å². The van der Waals surface area contributed by atoms with Gasteiger partial charge < -0.3 is 29.0 Å².